The van der Waals surface area contributed by atoms with Crippen LogP contribution in [-0.2, 0) is 19.7 Å². The molecule has 140 valence electrons. The van der Waals surface area contributed by atoms with E-state index in [9.17, 15) is 21.9 Å². The summed E-state index contributed by atoms with van der Waals surface area (Å²) in [5.41, 5.74) is 0.231. The Morgan fingerprint density at radius 3 is 1.85 bits per heavy atom. The molecule has 0 heterocycles. The second kappa shape index (κ2) is 6.99. The van der Waals surface area contributed by atoms with E-state index in [2.05, 4.69) is 0 Å². The first-order chi connectivity index (χ1) is 12.6. The van der Waals surface area contributed by atoms with Crippen LogP contribution in [0.15, 0.2) is 86.3 Å². The van der Waals surface area contributed by atoms with Crippen molar-refractivity contribution in [1.82, 2.24) is 0 Å². The molecular weight excluding hydrogens is 408 g/mol. The summed E-state index contributed by atoms with van der Waals surface area (Å²) in [5, 5.41) is 10.6. The minimum atomic E-state index is -4.09. The first-order valence-corrected chi connectivity index (χ1v) is 11.1. The Labute approximate surface area is 162 Å². The molecule has 0 unspecified atom stereocenters. The Hall–Kier alpha value is -2.35. The smallest absolute Gasteiger partial charge is 0.210 e. The summed E-state index contributed by atoms with van der Waals surface area (Å²) < 4.78 is 51.7. The lowest BCUT2D eigenvalue weighted by molar-refractivity contribution is 0.457. The van der Waals surface area contributed by atoms with Crippen molar-refractivity contribution in [3.05, 3.63) is 77.3 Å². The largest absolute Gasteiger partial charge is 0.507 e. The predicted molar refractivity (Wildman–Crippen MR) is 102 cm³/mol. The molecule has 3 aromatic rings. The summed E-state index contributed by atoms with van der Waals surface area (Å²) in [6, 6.07) is 15.2. The number of hydrogen-bond donors (Lipinski definition) is 1. The maximum atomic E-state index is 13.0. The van der Waals surface area contributed by atoms with Gasteiger partial charge in [0.25, 0.3) is 0 Å². The molecule has 0 fully saturated rings. The van der Waals surface area contributed by atoms with Crippen LogP contribution in [0.25, 0.3) is 0 Å². The minimum Gasteiger partial charge on any atom is -0.507 e. The minimum absolute atomic E-state index is 0.0243. The molecule has 27 heavy (non-hydrogen) atoms. The molecule has 5 nitrogen and oxygen atoms in total. The molecule has 8 heteroatoms. The van der Waals surface area contributed by atoms with E-state index in [0.717, 1.165) is 12.1 Å². The molecule has 0 saturated heterocycles. The fourth-order valence-corrected chi connectivity index (χ4v) is 5.71. The molecule has 3 rings (SSSR count). The van der Waals surface area contributed by atoms with Gasteiger partial charge in [-0.15, -0.1) is 0 Å². The summed E-state index contributed by atoms with van der Waals surface area (Å²) in [4.78, 5) is -0.730. The highest BCUT2D eigenvalue weighted by Crippen LogP contribution is 2.35. The lowest BCUT2D eigenvalue weighted by Gasteiger charge is -2.13. The van der Waals surface area contributed by atoms with E-state index in [1.165, 1.54) is 43.3 Å². The number of halogens is 1. The average molecular weight is 423 g/mol. The third kappa shape index (κ3) is 3.58. The van der Waals surface area contributed by atoms with Crippen molar-refractivity contribution < 1.29 is 21.9 Å². The molecule has 0 aliphatic carbocycles. The topological polar surface area (TPSA) is 88.5 Å². The highest BCUT2D eigenvalue weighted by molar-refractivity contribution is 7.92. The van der Waals surface area contributed by atoms with Crippen molar-refractivity contribution in [2.75, 3.05) is 0 Å². The van der Waals surface area contributed by atoms with Gasteiger partial charge in [0.05, 0.1) is 14.7 Å². The fraction of sp³-hybridized carbons (Fsp3) is 0.0526. The molecule has 0 radical (unpaired) electrons. The van der Waals surface area contributed by atoms with Crippen LogP contribution in [0.5, 0.6) is 5.75 Å². The molecule has 0 aromatic heterocycles. The van der Waals surface area contributed by atoms with Crippen LogP contribution in [0.3, 0.4) is 0 Å². The number of benzene rings is 3. The highest BCUT2D eigenvalue weighted by Gasteiger charge is 2.27. The average Bonchev–Trinajstić information content (AvgIpc) is 2.62. The molecule has 0 aliphatic heterocycles. The van der Waals surface area contributed by atoms with Crippen LogP contribution in [0.4, 0.5) is 0 Å². The third-order valence-corrected chi connectivity index (χ3v) is 7.98. The predicted octanol–water partition coefficient (Wildman–Crippen LogP) is 4.02. The molecule has 1 N–H and O–H groups in total. The van der Waals surface area contributed by atoms with Crippen LogP contribution in [0, 0.1) is 6.92 Å². The molecule has 0 saturated carbocycles. The van der Waals surface area contributed by atoms with Gasteiger partial charge in [-0.05, 0) is 61.0 Å². The first kappa shape index (κ1) is 19.4. The molecule has 0 aliphatic rings. The van der Waals surface area contributed by atoms with E-state index < -0.39 is 30.3 Å². The van der Waals surface area contributed by atoms with Gasteiger partial charge < -0.3 is 5.11 Å². The van der Waals surface area contributed by atoms with Gasteiger partial charge in [0.15, 0.2) is 0 Å². The Bertz CT molecular complexity index is 1200. The van der Waals surface area contributed by atoms with Crippen LogP contribution >= 0.6 is 11.6 Å². The number of rotatable bonds is 4. The Morgan fingerprint density at radius 2 is 1.26 bits per heavy atom. The summed E-state index contributed by atoms with van der Waals surface area (Å²) in [6.45, 7) is 1.49. The van der Waals surface area contributed by atoms with E-state index in [4.69, 9.17) is 11.6 Å². The third-order valence-electron chi connectivity index (χ3n) is 4.01. The molecule has 0 spiro atoms. The normalized spacial score (nSPS) is 12.1. The van der Waals surface area contributed by atoms with E-state index >= 15 is 0 Å². The summed E-state index contributed by atoms with van der Waals surface area (Å²) in [5.74, 6) is -0.508. The van der Waals surface area contributed by atoms with Gasteiger partial charge in [-0.2, -0.15) is 0 Å². The molecule has 0 bridgehead atoms. The monoisotopic (exact) mass is 422 g/mol. The summed E-state index contributed by atoms with van der Waals surface area (Å²) in [6.07, 6.45) is 0. The Morgan fingerprint density at radius 1 is 0.741 bits per heavy atom. The fourth-order valence-electron chi connectivity index (χ4n) is 2.63. The van der Waals surface area contributed by atoms with Crippen molar-refractivity contribution in [3.8, 4) is 5.75 Å². The quantitative estimate of drug-likeness (QED) is 0.685. The van der Waals surface area contributed by atoms with Crippen molar-refractivity contribution in [1.29, 1.82) is 0 Å². The first-order valence-electron chi connectivity index (χ1n) is 7.78. The van der Waals surface area contributed by atoms with Gasteiger partial charge in [-0.1, -0.05) is 29.8 Å². The maximum absolute atomic E-state index is 13.0. The van der Waals surface area contributed by atoms with Gasteiger partial charge in [-0.3, -0.25) is 0 Å². The SMILES string of the molecule is Cc1cc(O)c(S(=O)(=O)c2ccccc2)cc1S(=O)(=O)c1ccc(Cl)cc1. The summed E-state index contributed by atoms with van der Waals surface area (Å²) in [7, 11) is -8.10. The van der Waals surface area contributed by atoms with Crippen LogP contribution in [0.1, 0.15) is 5.56 Å². The number of hydrogen-bond acceptors (Lipinski definition) is 5. The number of aromatic hydroxyl groups is 1. The van der Waals surface area contributed by atoms with Crippen molar-refractivity contribution in [2.45, 2.75) is 26.5 Å². The van der Waals surface area contributed by atoms with Gasteiger partial charge in [-0.25, -0.2) is 16.8 Å². The zero-order valence-corrected chi connectivity index (χ0v) is 16.5. The van der Waals surface area contributed by atoms with Crippen LogP contribution in [0.2, 0.25) is 5.02 Å². The lowest BCUT2D eigenvalue weighted by Crippen LogP contribution is -2.08. The molecular formula is C19H15ClO5S2. The molecule has 0 atom stereocenters. The van der Waals surface area contributed by atoms with E-state index in [0.29, 0.717) is 5.02 Å². The van der Waals surface area contributed by atoms with Gasteiger partial charge in [0, 0.05) is 5.02 Å². The van der Waals surface area contributed by atoms with Gasteiger partial charge in [0.2, 0.25) is 19.7 Å². The number of aryl methyl sites for hydroxylation is 1. The second-order valence-electron chi connectivity index (χ2n) is 5.86. The number of phenols is 1. The van der Waals surface area contributed by atoms with Crippen molar-refractivity contribution in [3.63, 3.8) is 0 Å². The lowest BCUT2D eigenvalue weighted by atomic mass is 10.2. The Balaban J connectivity index is 2.23. The van der Waals surface area contributed by atoms with Crippen LogP contribution in [-0.4, -0.2) is 21.9 Å². The van der Waals surface area contributed by atoms with E-state index in [1.54, 1.807) is 18.2 Å². The zero-order valence-electron chi connectivity index (χ0n) is 14.1. The number of sulfone groups is 2. The molecule has 3 aromatic carbocycles. The van der Waals surface area contributed by atoms with Crippen molar-refractivity contribution in [2.24, 2.45) is 0 Å². The maximum Gasteiger partial charge on any atom is 0.210 e. The zero-order chi connectivity index (χ0) is 19.8. The van der Waals surface area contributed by atoms with E-state index in [-0.39, 0.29) is 20.2 Å². The second-order valence-corrected chi connectivity index (χ2v) is 10.1. The Kier molecular flexibility index (Phi) is 5.03. The van der Waals surface area contributed by atoms with E-state index in [1.807, 2.05) is 0 Å². The highest BCUT2D eigenvalue weighted by atomic mass is 35.5. The molecule has 0 amide bonds. The summed E-state index contributed by atoms with van der Waals surface area (Å²) >= 11 is 5.81. The van der Waals surface area contributed by atoms with Crippen molar-refractivity contribution >= 4 is 31.3 Å². The van der Waals surface area contributed by atoms with Gasteiger partial charge in [0.1, 0.15) is 10.6 Å². The van der Waals surface area contributed by atoms with Crippen LogP contribution < -0.4 is 0 Å². The number of phenolic OH excluding ortho intramolecular Hbond substituents is 1. The standard InChI is InChI=1S/C19H15ClO5S2/c1-13-11-17(21)19(27(24,25)15-5-3-2-4-6-15)12-18(13)26(22,23)16-9-7-14(20)8-10-16/h2-12,21H,1H3. The van der Waals surface area contributed by atoms with Gasteiger partial charge >= 0.3 is 0 Å².